The van der Waals surface area contributed by atoms with Crippen LogP contribution in [0.1, 0.15) is 39.8 Å². The van der Waals surface area contributed by atoms with E-state index in [9.17, 15) is 9.59 Å². The quantitative estimate of drug-likeness (QED) is 0.846. The van der Waals surface area contributed by atoms with Gasteiger partial charge in [-0.1, -0.05) is 20.8 Å². The minimum Gasteiger partial charge on any atom is -0.494 e. The van der Waals surface area contributed by atoms with Crippen molar-refractivity contribution >= 4 is 34.0 Å². The molecule has 1 atom stereocenters. The number of ether oxygens (including phenoxy) is 1. The maximum absolute atomic E-state index is 12.6. The topological polar surface area (TPSA) is 71.5 Å². The lowest BCUT2D eigenvalue weighted by Crippen LogP contribution is -2.28. The summed E-state index contributed by atoms with van der Waals surface area (Å²) in [5.41, 5.74) is 1.66. The molecule has 0 spiro atoms. The number of hydrogen-bond donors (Lipinski definition) is 1. The van der Waals surface area contributed by atoms with E-state index in [1.807, 2.05) is 36.6 Å². The minimum atomic E-state index is -0.383. The zero-order valence-electron chi connectivity index (χ0n) is 16.1. The van der Waals surface area contributed by atoms with Crippen molar-refractivity contribution in [3.8, 4) is 5.75 Å². The van der Waals surface area contributed by atoms with Gasteiger partial charge in [-0.2, -0.15) is 0 Å². The van der Waals surface area contributed by atoms with Crippen LogP contribution in [0.3, 0.4) is 0 Å². The molecule has 0 unspecified atom stereocenters. The van der Waals surface area contributed by atoms with Gasteiger partial charge in [0.2, 0.25) is 11.8 Å². The molecule has 1 aliphatic heterocycles. The fraction of sp³-hybridized carbons (Fsp3) is 0.450. The summed E-state index contributed by atoms with van der Waals surface area (Å²) < 4.78 is 5.43. The molecule has 0 radical (unpaired) electrons. The average Bonchev–Trinajstić information content (AvgIpc) is 3.22. The third kappa shape index (κ3) is 4.47. The van der Waals surface area contributed by atoms with E-state index < -0.39 is 0 Å². The van der Waals surface area contributed by atoms with Crippen molar-refractivity contribution in [2.45, 2.75) is 39.5 Å². The van der Waals surface area contributed by atoms with Crippen LogP contribution in [0, 0.1) is 5.92 Å². The summed E-state index contributed by atoms with van der Waals surface area (Å²) in [5, 5.41) is 5.40. The summed E-state index contributed by atoms with van der Waals surface area (Å²) in [6.07, 6.45) is 0.205. The zero-order valence-corrected chi connectivity index (χ0v) is 16.9. The molecule has 1 fully saturated rings. The van der Waals surface area contributed by atoms with Crippen LogP contribution in [-0.2, 0) is 15.0 Å². The van der Waals surface area contributed by atoms with E-state index in [4.69, 9.17) is 4.74 Å². The summed E-state index contributed by atoms with van der Waals surface area (Å²) in [6, 6.07) is 7.37. The van der Waals surface area contributed by atoms with Gasteiger partial charge in [0, 0.05) is 29.4 Å². The Kier molecular flexibility index (Phi) is 5.51. The van der Waals surface area contributed by atoms with Crippen LogP contribution in [0.4, 0.5) is 10.8 Å². The van der Waals surface area contributed by atoms with Gasteiger partial charge in [-0.15, -0.1) is 11.3 Å². The van der Waals surface area contributed by atoms with E-state index in [2.05, 4.69) is 31.1 Å². The number of rotatable bonds is 5. The predicted molar refractivity (Wildman–Crippen MR) is 108 cm³/mol. The van der Waals surface area contributed by atoms with Crippen LogP contribution in [-0.4, -0.2) is 29.9 Å². The first kappa shape index (κ1) is 19.4. The number of aromatic nitrogens is 1. The Labute approximate surface area is 163 Å². The average molecular weight is 388 g/mol. The number of nitrogens with zero attached hydrogens (tertiary/aromatic N) is 2. The molecule has 0 aliphatic carbocycles. The molecule has 1 aromatic carbocycles. The Bertz CT molecular complexity index is 824. The van der Waals surface area contributed by atoms with Crippen LogP contribution in [0.15, 0.2) is 29.6 Å². The molecule has 1 N–H and O–H groups in total. The molecule has 6 nitrogen and oxygen atoms in total. The SMILES string of the molecule is CCOc1ccc(N2C[C@H](C(=O)Nc3nc(C(C)(C)C)cs3)CC2=O)cc1. The van der Waals surface area contributed by atoms with Crippen LogP contribution in [0.5, 0.6) is 5.75 Å². The first-order valence-electron chi connectivity index (χ1n) is 9.08. The van der Waals surface area contributed by atoms with Crippen LogP contribution in [0.2, 0.25) is 0 Å². The smallest absolute Gasteiger partial charge is 0.231 e. The second-order valence-electron chi connectivity index (χ2n) is 7.61. The molecule has 7 heteroatoms. The molecule has 1 aromatic heterocycles. The van der Waals surface area contributed by atoms with Gasteiger partial charge in [-0.3, -0.25) is 9.59 Å². The molecule has 27 heavy (non-hydrogen) atoms. The molecule has 144 valence electrons. The second-order valence-corrected chi connectivity index (χ2v) is 8.47. The van der Waals surface area contributed by atoms with Gasteiger partial charge in [-0.25, -0.2) is 4.98 Å². The van der Waals surface area contributed by atoms with Crippen molar-refractivity contribution < 1.29 is 14.3 Å². The first-order chi connectivity index (χ1) is 12.8. The largest absolute Gasteiger partial charge is 0.494 e. The predicted octanol–water partition coefficient (Wildman–Crippen LogP) is 3.83. The summed E-state index contributed by atoms with van der Waals surface area (Å²) in [4.78, 5) is 31.1. The van der Waals surface area contributed by atoms with Gasteiger partial charge in [0.15, 0.2) is 5.13 Å². The highest BCUT2D eigenvalue weighted by molar-refractivity contribution is 7.13. The normalized spacial score (nSPS) is 17.3. The molecule has 0 saturated carbocycles. The summed E-state index contributed by atoms with van der Waals surface area (Å²) in [5.74, 6) is 0.173. The highest BCUT2D eigenvalue weighted by atomic mass is 32.1. The van der Waals surface area contributed by atoms with E-state index in [0.29, 0.717) is 18.3 Å². The van der Waals surface area contributed by atoms with E-state index >= 15 is 0 Å². The Morgan fingerprint density at radius 1 is 1.33 bits per heavy atom. The van der Waals surface area contributed by atoms with Crippen molar-refractivity contribution in [3.05, 3.63) is 35.3 Å². The van der Waals surface area contributed by atoms with E-state index in [-0.39, 0.29) is 29.6 Å². The summed E-state index contributed by atoms with van der Waals surface area (Å²) in [6.45, 7) is 9.13. The van der Waals surface area contributed by atoms with E-state index in [1.165, 1.54) is 11.3 Å². The van der Waals surface area contributed by atoms with Crippen molar-refractivity contribution in [2.24, 2.45) is 5.92 Å². The molecule has 3 rings (SSSR count). The fourth-order valence-electron chi connectivity index (χ4n) is 2.90. The highest BCUT2D eigenvalue weighted by Gasteiger charge is 2.35. The number of benzene rings is 1. The number of amides is 2. The van der Waals surface area contributed by atoms with Crippen molar-refractivity contribution in [1.82, 2.24) is 4.98 Å². The molecule has 2 aromatic rings. The molecular weight excluding hydrogens is 362 g/mol. The van der Waals surface area contributed by atoms with Crippen molar-refractivity contribution in [1.29, 1.82) is 0 Å². The number of hydrogen-bond acceptors (Lipinski definition) is 5. The lowest BCUT2D eigenvalue weighted by Gasteiger charge is -2.17. The number of carbonyl (C=O) groups excluding carboxylic acids is 2. The lowest BCUT2D eigenvalue weighted by molar-refractivity contribution is -0.122. The molecular formula is C20H25N3O3S. The van der Waals surface area contributed by atoms with Gasteiger partial charge in [0.25, 0.3) is 0 Å². The highest BCUT2D eigenvalue weighted by Crippen LogP contribution is 2.29. The minimum absolute atomic E-state index is 0.0474. The number of thiazole rings is 1. The van der Waals surface area contributed by atoms with E-state index in [1.54, 1.807) is 4.90 Å². The maximum Gasteiger partial charge on any atom is 0.231 e. The Hall–Kier alpha value is -2.41. The van der Waals surface area contributed by atoms with E-state index in [0.717, 1.165) is 17.1 Å². The Morgan fingerprint density at radius 3 is 2.63 bits per heavy atom. The Morgan fingerprint density at radius 2 is 2.04 bits per heavy atom. The Balaban J connectivity index is 1.64. The van der Waals surface area contributed by atoms with Gasteiger partial charge in [0.05, 0.1) is 18.2 Å². The van der Waals surface area contributed by atoms with Gasteiger partial charge in [-0.05, 0) is 31.2 Å². The van der Waals surface area contributed by atoms with Gasteiger partial charge in [0.1, 0.15) is 5.75 Å². The molecule has 2 amide bonds. The summed E-state index contributed by atoms with van der Waals surface area (Å²) >= 11 is 1.41. The van der Waals surface area contributed by atoms with Crippen LogP contribution in [0.25, 0.3) is 0 Å². The molecule has 2 heterocycles. The zero-order chi connectivity index (χ0) is 19.6. The first-order valence-corrected chi connectivity index (χ1v) is 9.96. The lowest BCUT2D eigenvalue weighted by atomic mass is 9.93. The van der Waals surface area contributed by atoms with Crippen LogP contribution >= 0.6 is 11.3 Å². The third-order valence-electron chi connectivity index (χ3n) is 4.46. The van der Waals surface area contributed by atoms with Crippen molar-refractivity contribution in [3.63, 3.8) is 0 Å². The summed E-state index contributed by atoms with van der Waals surface area (Å²) in [7, 11) is 0. The molecule has 0 bridgehead atoms. The molecule has 1 saturated heterocycles. The third-order valence-corrected chi connectivity index (χ3v) is 5.22. The second kappa shape index (κ2) is 7.68. The van der Waals surface area contributed by atoms with Crippen LogP contribution < -0.4 is 15.0 Å². The maximum atomic E-state index is 12.6. The van der Waals surface area contributed by atoms with Gasteiger partial charge >= 0.3 is 0 Å². The monoisotopic (exact) mass is 387 g/mol. The standard InChI is InChI=1S/C20H25N3O3S/c1-5-26-15-8-6-14(7-9-15)23-11-13(10-17(23)24)18(25)22-19-21-16(12-27-19)20(2,3)4/h6-9,12-13H,5,10-11H2,1-4H3,(H,21,22,25)/t13-/m1/s1. The number of carbonyl (C=O) groups is 2. The molecule has 1 aliphatic rings. The number of nitrogens with one attached hydrogen (secondary N) is 1. The number of anilines is 2. The van der Waals surface area contributed by atoms with Crippen molar-refractivity contribution in [2.75, 3.05) is 23.4 Å². The van der Waals surface area contributed by atoms with Gasteiger partial charge < -0.3 is 15.0 Å². The fourth-order valence-corrected chi connectivity index (χ4v) is 3.84.